The van der Waals surface area contributed by atoms with Crippen molar-refractivity contribution in [3.8, 4) is 0 Å². The number of carbonyl (C=O) groups excluding carboxylic acids is 1. The standard InChI is InChI=1S/C17H13N3O3/c21-16(15-8-11-3-1-2-4-14(11)23-15)18-9-10-5-6-12-13(7-10)20-17(22)19-12/h1-8H,9H2,(H,18,21)(H2,19,20,22). The summed E-state index contributed by atoms with van der Waals surface area (Å²) in [5.41, 5.74) is 2.78. The number of aromatic nitrogens is 2. The van der Waals surface area contributed by atoms with E-state index in [4.69, 9.17) is 4.42 Å². The van der Waals surface area contributed by atoms with Gasteiger partial charge in [0.05, 0.1) is 11.0 Å². The van der Waals surface area contributed by atoms with Crippen LogP contribution in [0.3, 0.4) is 0 Å². The first-order valence-electron chi connectivity index (χ1n) is 7.17. The summed E-state index contributed by atoms with van der Waals surface area (Å²) < 4.78 is 5.53. The Morgan fingerprint density at radius 1 is 1.04 bits per heavy atom. The number of hydrogen-bond acceptors (Lipinski definition) is 3. The minimum Gasteiger partial charge on any atom is -0.451 e. The minimum atomic E-state index is -0.274. The number of aromatic amines is 2. The molecule has 3 N–H and O–H groups in total. The Bertz CT molecular complexity index is 1040. The molecule has 0 aliphatic carbocycles. The van der Waals surface area contributed by atoms with Gasteiger partial charge in [0.15, 0.2) is 5.76 Å². The van der Waals surface area contributed by atoms with E-state index in [1.807, 2.05) is 36.4 Å². The second kappa shape index (κ2) is 5.17. The van der Waals surface area contributed by atoms with Crippen LogP contribution < -0.4 is 11.0 Å². The maximum atomic E-state index is 12.2. The molecule has 6 heteroatoms. The SMILES string of the molecule is O=C(NCc1ccc2[nH]c(=O)[nH]c2c1)c1cc2ccccc2o1. The lowest BCUT2D eigenvalue weighted by Crippen LogP contribution is -2.22. The van der Waals surface area contributed by atoms with Crippen molar-refractivity contribution in [3.63, 3.8) is 0 Å². The molecule has 0 spiro atoms. The molecule has 114 valence electrons. The molecule has 23 heavy (non-hydrogen) atoms. The number of para-hydroxylation sites is 1. The van der Waals surface area contributed by atoms with E-state index in [2.05, 4.69) is 15.3 Å². The Labute approximate surface area is 130 Å². The summed E-state index contributed by atoms with van der Waals surface area (Å²) in [5, 5.41) is 3.71. The van der Waals surface area contributed by atoms with Crippen molar-refractivity contribution in [1.29, 1.82) is 0 Å². The highest BCUT2D eigenvalue weighted by molar-refractivity contribution is 5.96. The fourth-order valence-corrected chi connectivity index (χ4v) is 2.55. The number of furan rings is 1. The van der Waals surface area contributed by atoms with Crippen LogP contribution in [0.2, 0.25) is 0 Å². The highest BCUT2D eigenvalue weighted by Crippen LogP contribution is 2.18. The maximum Gasteiger partial charge on any atom is 0.323 e. The number of H-pyrrole nitrogens is 2. The number of amides is 1. The van der Waals surface area contributed by atoms with E-state index in [1.54, 1.807) is 12.1 Å². The van der Waals surface area contributed by atoms with Gasteiger partial charge in [-0.05, 0) is 29.8 Å². The maximum absolute atomic E-state index is 12.2. The molecule has 2 aromatic heterocycles. The van der Waals surface area contributed by atoms with E-state index in [0.717, 1.165) is 16.5 Å². The van der Waals surface area contributed by atoms with Crippen LogP contribution in [-0.4, -0.2) is 15.9 Å². The van der Waals surface area contributed by atoms with Gasteiger partial charge in [-0.25, -0.2) is 4.79 Å². The zero-order chi connectivity index (χ0) is 15.8. The number of benzene rings is 2. The lowest BCUT2D eigenvalue weighted by Gasteiger charge is -2.03. The van der Waals surface area contributed by atoms with Gasteiger partial charge in [0.1, 0.15) is 5.58 Å². The van der Waals surface area contributed by atoms with E-state index < -0.39 is 0 Å². The number of hydrogen-bond donors (Lipinski definition) is 3. The van der Waals surface area contributed by atoms with Crippen molar-refractivity contribution in [2.45, 2.75) is 6.54 Å². The monoisotopic (exact) mass is 307 g/mol. The second-order valence-electron chi connectivity index (χ2n) is 5.29. The van der Waals surface area contributed by atoms with E-state index >= 15 is 0 Å². The summed E-state index contributed by atoms with van der Waals surface area (Å²) in [6, 6.07) is 14.7. The zero-order valence-electron chi connectivity index (χ0n) is 12.1. The third-order valence-electron chi connectivity index (χ3n) is 3.68. The zero-order valence-corrected chi connectivity index (χ0v) is 12.1. The van der Waals surface area contributed by atoms with Gasteiger partial charge >= 0.3 is 5.69 Å². The molecular formula is C17H13N3O3. The van der Waals surface area contributed by atoms with E-state index in [-0.39, 0.29) is 17.4 Å². The van der Waals surface area contributed by atoms with Crippen LogP contribution in [0.1, 0.15) is 16.1 Å². The second-order valence-corrected chi connectivity index (χ2v) is 5.29. The highest BCUT2D eigenvalue weighted by Gasteiger charge is 2.11. The van der Waals surface area contributed by atoms with Crippen LogP contribution in [0.25, 0.3) is 22.0 Å². The van der Waals surface area contributed by atoms with Gasteiger partial charge in [0, 0.05) is 11.9 Å². The van der Waals surface area contributed by atoms with Crippen molar-refractivity contribution in [2.24, 2.45) is 0 Å². The largest absolute Gasteiger partial charge is 0.451 e. The van der Waals surface area contributed by atoms with E-state index in [1.165, 1.54) is 0 Å². The van der Waals surface area contributed by atoms with Gasteiger partial charge < -0.3 is 19.7 Å². The normalized spacial score (nSPS) is 11.1. The molecular weight excluding hydrogens is 294 g/mol. The summed E-state index contributed by atoms with van der Waals surface area (Å²) >= 11 is 0. The number of nitrogens with one attached hydrogen (secondary N) is 3. The molecule has 2 aromatic carbocycles. The number of fused-ring (bicyclic) bond motifs is 2. The first-order valence-corrected chi connectivity index (χ1v) is 7.17. The predicted octanol–water partition coefficient (Wildman–Crippen LogP) is 2.53. The van der Waals surface area contributed by atoms with Crippen LogP contribution in [-0.2, 0) is 6.54 Å². The van der Waals surface area contributed by atoms with Gasteiger partial charge in [-0.1, -0.05) is 24.3 Å². The molecule has 4 aromatic rings. The lowest BCUT2D eigenvalue weighted by atomic mass is 10.2. The van der Waals surface area contributed by atoms with E-state index in [0.29, 0.717) is 17.6 Å². The first-order chi connectivity index (χ1) is 11.2. The quantitative estimate of drug-likeness (QED) is 0.543. The van der Waals surface area contributed by atoms with Crippen molar-refractivity contribution < 1.29 is 9.21 Å². The summed E-state index contributed by atoms with van der Waals surface area (Å²) in [6.45, 7) is 0.346. The third kappa shape index (κ3) is 2.50. The highest BCUT2D eigenvalue weighted by atomic mass is 16.3. The van der Waals surface area contributed by atoms with Crippen molar-refractivity contribution in [3.05, 3.63) is 70.3 Å². The fourth-order valence-electron chi connectivity index (χ4n) is 2.55. The van der Waals surface area contributed by atoms with Gasteiger partial charge in [0.25, 0.3) is 5.91 Å². The number of carbonyl (C=O) groups is 1. The van der Waals surface area contributed by atoms with Crippen LogP contribution in [0.4, 0.5) is 0 Å². The molecule has 0 saturated heterocycles. The molecule has 0 unspecified atom stereocenters. The molecule has 0 aliphatic heterocycles. The first kappa shape index (κ1) is 13.4. The fraction of sp³-hybridized carbons (Fsp3) is 0.0588. The Balaban J connectivity index is 1.52. The smallest absolute Gasteiger partial charge is 0.323 e. The molecule has 0 aliphatic rings. The lowest BCUT2D eigenvalue weighted by molar-refractivity contribution is 0.0925. The molecule has 0 radical (unpaired) electrons. The van der Waals surface area contributed by atoms with Crippen molar-refractivity contribution in [2.75, 3.05) is 0 Å². The predicted molar refractivity (Wildman–Crippen MR) is 86.3 cm³/mol. The number of rotatable bonds is 3. The topological polar surface area (TPSA) is 90.9 Å². The molecule has 0 atom stereocenters. The minimum absolute atomic E-state index is 0.247. The molecule has 0 saturated carbocycles. The summed E-state index contributed by atoms with van der Waals surface area (Å²) in [5.74, 6) is 0.00573. The molecule has 6 nitrogen and oxygen atoms in total. The third-order valence-corrected chi connectivity index (χ3v) is 3.68. The van der Waals surface area contributed by atoms with Crippen LogP contribution in [0, 0.1) is 0 Å². The van der Waals surface area contributed by atoms with Crippen LogP contribution in [0.5, 0.6) is 0 Å². The van der Waals surface area contributed by atoms with E-state index in [9.17, 15) is 9.59 Å². The van der Waals surface area contributed by atoms with Gasteiger partial charge in [-0.3, -0.25) is 4.79 Å². The average molecular weight is 307 g/mol. The van der Waals surface area contributed by atoms with Gasteiger partial charge in [0.2, 0.25) is 0 Å². The summed E-state index contributed by atoms with van der Waals surface area (Å²) in [7, 11) is 0. The molecule has 1 amide bonds. The van der Waals surface area contributed by atoms with Gasteiger partial charge in [-0.15, -0.1) is 0 Å². The van der Waals surface area contributed by atoms with Crippen LogP contribution in [0.15, 0.2) is 57.7 Å². The Kier molecular flexibility index (Phi) is 3.01. The van der Waals surface area contributed by atoms with Crippen molar-refractivity contribution >= 4 is 27.9 Å². The average Bonchev–Trinajstić information content (AvgIpc) is 3.14. The summed E-state index contributed by atoms with van der Waals surface area (Å²) in [6.07, 6.45) is 0. The Morgan fingerprint density at radius 2 is 1.87 bits per heavy atom. The number of imidazole rings is 1. The summed E-state index contributed by atoms with van der Waals surface area (Å²) in [4.78, 5) is 28.8. The molecule has 2 heterocycles. The Morgan fingerprint density at radius 3 is 2.74 bits per heavy atom. The van der Waals surface area contributed by atoms with Crippen molar-refractivity contribution in [1.82, 2.24) is 15.3 Å². The van der Waals surface area contributed by atoms with Gasteiger partial charge in [-0.2, -0.15) is 0 Å². The van der Waals surface area contributed by atoms with Crippen LogP contribution >= 0.6 is 0 Å². The Hall–Kier alpha value is -3.28. The molecule has 4 rings (SSSR count). The molecule has 0 fully saturated rings. The molecule has 0 bridgehead atoms.